The highest BCUT2D eigenvalue weighted by Crippen LogP contribution is 2.23. The third-order valence-corrected chi connectivity index (χ3v) is 4.16. The molecule has 0 aliphatic carbocycles. The zero-order chi connectivity index (χ0) is 17.8. The average molecular weight is 343 g/mol. The summed E-state index contributed by atoms with van der Waals surface area (Å²) in [5, 5.41) is 4.18. The summed E-state index contributed by atoms with van der Waals surface area (Å²) in [7, 11) is 0. The van der Waals surface area contributed by atoms with Crippen LogP contribution in [0.2, 0.25) is 0 Å². The maximum atomic E-state index is 11.9. The van der Waals surface area contributed by atoms with Crippen LogP contribution in [-0.4, -0.2) is 28.5 Å². The zero-order valence-electron chi connectivity index (χ0n) is 14.0. The fraction of sp³-hybridized carbons (Fsp3) is 0.263. The first kappa shape index (κ1) is 17.1. The Morgan fingerprint density at radius 2 is 1.64 bits per heavy atom. The van der Waals surface area contributed by atoms with Gasteiger partial charge in [0.25, 0.3) is 0 Å². The number of benzene rings is 1. The summed E-state index contributed by atoms with van der Waals surface area (Å²) in [6, 6.07) is 8.44. The molecule has 1 aliphatic heterocycles. The second-order valence-electron chi connectivity index (χ2n) is 5.96. The van der Waals surface area contributed by atoms with Crippen molar-refractivity contribution < 1.29 is 13.6 Å². The van der Waals surface area contributed by atoms with Crippen LogP contribution in [0.1, 0.15) is 30.1 Å². The van der Waals surface area contributed by atoms with Crippen LogP contribution in [0.4, 0.5) is 14.5 Å². The molecule has 0 unspecified atom stereocenters. The van der Waals surface area contributed by atoms with Crippen LogP contribution in [0, 0.1) is 11.6 Å². The quantitative estimate of drug-likeness (QED) is 0.658. The second-order valence-corrected chi connectivity index (χ2v) is 5.96. The van der Waals surface area contributed by atoms with Crippen molar-refractivity contribution in [2.24, 2.45) is 0 Å². The molecule has 2 aromatic heterocycles. The van der Waals surface area contributed by atoms with Gasteiger partial charge in [-0.05, 0) is 56.2 Å². The summed E-state index contributed by atoms with van der Waals surface area (Å²) in [5.41, 5.74) is 2.80. The van der Waals surface area contributed by atoms with E-state index < -0.39 is 11.6 Å². The van der Waals surface area contributed by atoms with Gasteiger partial charge >= 0.3 is 0 Å². The summed E-state index contributed by atoms with van der Waals surface area (Å²) in [6.45, 7) is 3.80. The lowest BCUT2D eigenvalue weighted by atomic mass is 10.2. The fourth-order valence-corrected chi connectivity index (χ4v) is 2.84. The van der Waals surface area contributed by atoms with Gasteiger partial charge in [0.2, 0.25) is 0 Å². The Balaban J connectivity index is 0.000000192. The minimum Gasteiger partial charge on any atom is -0.371 e. The molecule has 0 amide bonds. The molecule has 3 aromatic rings. The summed E-state index contributed by atoms with van der Waals surface area (Å²) in [6.07, 6.45) is 6.08. The van der Waals surface area contributed by atoms with Gasteiger partial charge in [0.05, 0.1) is 17.3 Å². The number of aromatic nitrogens is 2. The van der Waals surface area contributed by atoms with Crippen LogP contribution in [0.5, 0.6) is 0 Å². The van der Waals surface area contributed by atoms with Gasteiger partial charge < -0.3 is 4.90 Å². The van der Waals surface area contributed by atoms with E-state index in [1.165, 1.54) is 18.5 Å². The maximum absolute atomic E-state index is 11.9. The Morgan fingerprint density at radius 1 is 1.04 bits per heavy atom. The molecule has 3 heterocycles. The van der Waals surface area contributed by atoms with Crippen LogP contribution in [0.15, 0.2) is 48.8 Å². The molecule has 0 atom stereocenters. The van der Waals surface area contributed by atoms with E-state index in [0.29, 0.717) is 5.56 Å². The van der Waals surface area contributed by atoms with E-state index in [-0.39, 0.29) is 5.78 Å². The first-order chi connectivity index (χ1) is 12.0. The highest BCUT2D eigenvalue weighted by molar-refractivity contribution is 6.00. The van der Waals surface area contributed by atoms with Gasteiger partial charge in [0.15, 0.2) is 5.78 Å². The van der Waals surface area contributed by atoms with E-state index in [1.54, 1.807) is 17.6 Å². The minimum absolute atomic E-state index is 0.0681. The van der Waals surface area contributed by atoms with E-state index >= 15 is 0 Å². The number of hydrogen-bond acceptors (Lipinski definition) is 3. The predicted octanol–water partition coefficient (Wildman–Crippen LogP) is 4.10. The van der Waals surface area contributed by atoms with Gasteiger partial charge in [-0.3, -0.25) is 4.79 Å². The molecule has 1 saturated heterocycles. The number of rotatable bonds is 2. The highest BCUT2D eigenvalue weighted by Gasteiger charge is 2.14. The van der Waals surface area contributed by atoms with Crippen molar-refractivity contribution in [1.82, 2.24) is 9.61 Å². The van der Waals surface area contributed by atoms with Gasteiger partial charge in [0.1, 0.15) is 11.6 Å². The minimum atomic E-state index is -0.411. The monoisotopic (exact) mass is 343 g/mol. The molecule has 0 saturated carbocycles. The normalized spacial score (nSPS) is 13.6. The van der Waals surface area contributed by atoms with Gasteiger partial charge in [-0.1, -0.05) is 0 Å². The Bertz CT molecular complexity index is 847. The molecular formula is C19H19F2N3O. The van der Waals surface area contributed by atoms with E-state index in [9.17, 15) is 13.6 Å². The van der Waals surface area contributed by atoms with E-state index in [2.05, 4.69) is 22.1 Å². The molecule has 0 radical (unpaired) electrons. The van der Waals surface area contributed by atoms with Crippen molar-refractivity contribution in [2.75, 3.05) is 18.0 Å². The summed E-state index contributed by atoms with van der Waals surface area (Å²) in [5.74, 6) is -0.753. The van der Waals surface area contributed by atoms with Crippen molar-refractivity contribution >= 4 is 17.0 Å². The molecule has 1 fully saturated rings. The summed E-state index contributed by atoms with van der Waals surface area (Å²) >= 11 is 0. The SMILES string of the molecule is CC(=O)c1cnn2ccc(N3CCCC3)cc12.Fc1ccc(F)cc1. The lowest BCUT2D eigenvalue weighted by Crippen LogP contribution is -2.17. The molecule has 0 N–H and O–H groups in total. The number of halogens is 2. The number of anilines is 1. The number of fused-ring (bicyclic) bond motifs is 1. The number of Topliss-reactive ketones (excluding diaryl/α,β-unsaturated/α-hetero) is 1. The van der Waals surface area contributed by atoms with Crippen molar-refractivity contribution in [1.29, 1.82) is 0 Å². The number of carbonyl (C=O) groups is 1. The van der Waals surface area contributed by atoms with Gasteiger partial charge in [-0.25, -0.2) is 13.3 Å². The standard InChI is InChI=1S/C13H15N3O.C6H4F2/c1-10(17)12-9-14-16-7-4-11(8-13(12)16)15-5-2-3-6-15;7-5-1-2-6(8)4-3-5/h4,7-9H,2-3,5-6H2,1H3;1-4H. The van der Waals surface area contributed by atoms with Crippen molar-refractivity contribution in [2.45, 2.75) is 19.8 Å². The summed E-state index contributed by atoms with van der Waals surface area (Å²) in [4.78, 5) is 13.8. The lowest BCUT2D eigenvalue weighted by molar-refractivity contribution is 0.101. The van der Waals surface area contributed by atoms with E-state index in [4.69, 9.17) is 0 Å². The van der Waals surface area contributed by atoms with Crippen LogP contribution in [0.25, 0.3) is 5.52 Å². The third kappa shape index (κ3) is 4.02. The van der Waals surface area contributed by atoms with Crippen molar-refractivity contribution in [3.8, 4) is 0 Å². The molecule has 130 valence electrons. The smallest absolute Gasteiger partial charge is 0.163 e. The highest BCUT2D eigenvalue weighted by atomic mass is 19.1. The molecular weight excluding hydrogens is 324 g/mol. The lowest BCUT2D eigenvalue weighted by Gasteiger charge is -2.17. The van der Waals surface area contributed by atoms with Crippen molar-refractivity contribution in [3.63, 3.8) is 0 Å². The molecule has 25 heavy (non-hydrogen) atoms. The molecule has 0 bridgehead atoms. The topological polar surface area (TPSA) is 37.6 Å². The number of pyridine rings is 1. The van der Waals surface area contributed by atoms with Crippen LogP contribution in [0.3, 0.4) is 0 Å². The first-order valence-electron chi connectivity index (χ1n) is 8.19. The number of ketones is 1. The zero-order valence-corrected chi connectivity index (χ0v) is 14.0. The maximum Gasteiger partial charge on any atom is 0.163 e. The molecule has 1 aliphatic rings. The van der Waals surface area contributed by atoms with E-state index in [0.717, 1.165) is 42.9 Å². The third-order valence-electron chi connectivity index (χ3n) is 4.16. The molecule has 1 aromatic carbocycles. The van der Waals surface area contributed by atoms with Crippen LogP contribution >= 0.6 is 0 Å². The van der Waals surface area contributed by atoms with Crippen LogP contribution in [-0.2, 0) is 0 Å². The Kier molecular flexibility index (Phi) is 5.07. The van der Waals surface area contributed by atoms with Gasteiger partial charge in [0, 0.05) is 25.0 Å². The van der Waals surface area contributed by atoms with Crippen molar-refractivity contribution in [3.05, 3.63) is 66.0 Å². The molecule has 4 rings (SSSR count). The Hall–Kier alpha value is -2.76. The molecule has 6 heteroatoms. The largest absolute Gasteiger partial charge is 0.371 e. The number of carbonyl (C=O) groups excluding carboxylic acids is 1. The van der Waals surface area contributed by atoms with Gasteiger partial charge in [-0.15, -0.1) is 0 Å². The van der Waals surface area contributed by atoms with E-state index in [1.807, 2.05) is 6.20 Å². The second kappa shape index (κ2) is 7.42. The average Bonchev–Trinajstić information content (AvgIpc) is 3.26. The number of nitrogens with zero attached hydrogens (tertiary/aromatic N) is 3. The van der Waals surface area contributed by atoms with Crippen LogP contribution < -0.4 is 4.90 Å². The first-order valence-corrected chi connectivity index (χ1v) is 8.19. The molecule has 4 nitrogen and oxygen atoms in total. The predicted molar refractivity (Wildman–Crippen MR) is 93.0 cm³/mol. The fourth-order valence-electron chi connectivity index (χ4n) is 2.84. The Labute approximate surface area is 144 Å². The Morgan fingerprint density at radius 3 is 2.20 bits per heavy atom. The van der Waals surface area contributed by atoms with Gasteiger partial charge in [-0.2, -0.15) is 5.10 Å². The summed E-state index contributed by atoms with van der Waals surface area (Å²) < 4.78 is 25.6. The molecule has 0 spiro atoms. The number of hydrogen-bond donors (Lipinski definition) is 0.